The number of aliphatic hydroxyl groups is 3. The van der Waals surface area contributed by atoms with Crippen LogP contribution in [-0.2, 0) is 33.6 Å². The van der Waals surface area contributed by atoms with Gasteiger partial charge < -0.3 is 69.5 Å². The maximum absolute atomic E-state index is 13.2. The Balaban J connectivity index is 5.78. The van der Waals surface area contributed by atoms with E-state index in [1.54, 1.807) is 0 Å². The molecule has 0 spiro atoms. The molecule has 0 aromatic carbocycles. The molecule has 0 radical (unpaired) electrons. The minimum atomic E-state index is -1.72. The van der Waals surface area contributed by atoms with Crippen LogP contribution in [0.1, 0.15) is 40.5 Å². The molecule has 21 heteroatoms. The van der Waals surface area contributed by atoms with Crippen molar-refractivity contribution < 1.29 is 54.0 Å². The number of hydrogen-bond acceptors (Lipinski definition) is 12. The van der Waals surface area contributed by atoms with E-state index in [1.165, 1.54) is 13.8 Å². The smallest absolute Gasteiger partial charge is 0.328 e. The molecule has 0 saturated carbocycles. The van der Waals surface area contributed by atoms with E-state index in [2.05, 4.69) is 36.9 Å². The number of nitrogens with one attached hydrogen (secondary N) is 6. The first kappa shape index (κ1) is 41.4. The topological polar surface area (TPSA) is 363 Å². The van der Waals surface area contributed by atoms with Gasteiger partial charge in [0.1, 0.15) is 30.2 Å². The summed E-state index contributed by atoms with van der Waals surface area (Å²) < 4.78 is 0. The summed E-state index contributed by atoms with van der Waals surface area (Å²) in [5, 5.41) is 52.0. The minimum absolute atomic E-state index is 0.0330. The van der Waals surface area contributed by atoms with Crippen LogP contribution >= 0.6 is 0 Å². The highest BCUT2D eigenvalue weighted by molar-refractivity contribution is 5.97. The fourth-order valence-electron chi connectivity index (χ4n) is 3.60. The summed E-state index contributed by atoms with van der Waals surface area (Å²) in [5.41, 5.74) is 15.8. The molecule has 0 fully saturated rings. The van der Waals surface area contributed by atoms with Crippen LogP contribution in [-0.4, -0.2) is 136 Å². The van der Waals surface area contributed by atoms with Gasteiger partial charge in [-0.05, 0) is 40.5 Å². The van der Waals surface area contributed by atoms with E-state index in [-0.39, 0.29) is 25.3 Å². The quantitative estimate of drug-likeness (QED) is 0.0327. The van der Waals surface area contributed by atoms with Crippen LogP contribution in [0.3, 0.4) is 0 Å². The lowest BCUT2D eigenvalue weighted by molar-refractivity contribution is -0.145. The third-order valence-electron chi connectivity index (χ3n) is 6.21. The number of hydrogen-bond donors (Lipinski definition) is 13. The Morgan fingerprint density at radius 2 is 1.15 bits per heavy atom. The lowest BCUT2D eigenvalue weighted by Crippen LogP contribution is -2.62. The fraction of sp³-hybridized carbons (Fsp3) is 0.680. The van der Waals surface area contributed by atoms with Crippen molar-refractivity contribution in [3.63, 3.8) is 0 Å². The Morgan fingerprint density at radius 1 is 0.674 bits per heavy atom. The lowest BCUT2D eigenvalue weighted by atomic mass is 10.1. The van der Waals surface area contributed by atoms with Gasteiger partial charge in [0.25, 0.3) is 0 Å². The molecule has 0 aliphatic carbocycles. The van der Waals surface area contributed by atoms with Gasteiger partial charge in [-0.2, -0.15) is 0 Å². The molecule has 46 heavy (non-hydrogen) atoms. The summed E-state index contributed by atoms with van der Waals surface area (Å²) in [6.45, 7) is 3.49. The van der Waals surface area contributed by atoms with Crippen molar-refractivity contribution in [1.82, 2.24) is 31.9 Å². The minimum Gasteiger partial charge on any atom is -0.480 e. The molecule has 0 heterocycles. The fourth-order valence-corrected chi connectivity index (χ4v) is 3.60. The molecule has 0 aromatic heterocycles. The molecule has 21 nitrogen and oxygen atoms in total. The number of aliphatic imine (C=N–C) groups is 1. The Morgan fingerprint density at radius 3 is 1.63 bits per heavy atom. The molecule has 16 N–H and O–H groups in total. The Hall–Kier alpha value is -4.60. The van der Waals surface area contributed by atoms with Gasteiger partial charge in [0.15, 0.2) is 12.0 Å². The zero-order valence-corrected chi connectivity index (χ0v) is 26.0. The van der Waals surface area contributed by atoms with Crippen molar-refractivity contribution in [2.75, 3.05) is 19.7 Å². The van der Waals surface area contributed by atoms with Crippen LogP contribution < -0.4 is 49.1 Å². The van der Waals surface area contributed by atoms with Gasteiger partial charge in [-0.25, -0.2) is 4.79 Å². The monoisotopic (exact) mass is 662 g/mol. The molecule has 0 aliphatic heterocycles. The second-order valence-corrected chi connectivity index (χ2v) is 10.3. The van der Waals surface area contributed by atoms with Crippen molar-refractivity contribution in [1.29, 1.82) is 0 Å². The van der Waals surface area contributed by atoms with Crippen LogP contribution in [0.25, 0.3) is 0 Å². The number of carbonyl (C=O) groups excluding carboxylic acids is 6. The number of aliphatic hydroxyl groups excluding tert-OH is 3. The zero-order valence-electron chi connectivity index (χ0n) is 26.0. The van der Waals surface area contributed by atoms with Crippen molar-refractivity contribution >= 4 is 47.4 Å². The maximum atomic E-state index is 13.2. The zero-order chi connectivity index (χ0) is 35.7. The van der Waals surface area contributed by atoms with Crippen LogP contribution in [0, 0.1) is 0 Å². The largest absolute Gasteiger partial charge is 0.480 e. The van der Waals surface area contributed by atoms with Crippen LogP contribution in [0.15, 0.2) is 4.99 Å². The summed E-state index contributed by atoms with van der Waals surface area (Å²) in [6, 6.07) is -8.89. The standard InChI is InChI=1S/C25H46N10O11/c1-10(30-16(39)8-26)19(40)33-15(9-36)22(43)34-17(12(3)37)23(44)32-14(6-5-7-29-25(27)28)21(42)31-11(2)20(41)35-18(13(4)38)24(45)46/h10-15,17-18,36-38H,5-9,26H2,1-4H3,(H,30,39)(H,31,42)(H,32,44)(H,33,40)(H,34,43)(H,35,41)(H,45,46)(H4,27,28,29)/t10-,11-,12+,13+,14-,15-,17-,18-/m0/s1. The molecule has 0 unspecified atom stereocenters. The van der Waals surface area contributed by atoms with E-state index >= 15 is 0 Å². The first-order valence-corrected chi connectivity index (χ1v) is 14.1. The number of nitrogens with two attached hydrogens (primary N) is 3. The SMILES string of the molecule is C[C@H](NC(=O)CN)C(=O)N[C@@H](CO)C(=O)N[C@H](C(=O)N[C@@H](CCCN=C(N)N)C(=O)N[C@@H](C)C(=O)N[C@H](C(=O)O)[C@@H](C)O)[C@@H](C)O. The van der Waals surface area contributed by atoms with E-state index in [4.69, 9.17) is 17.2 Å². The van der Waals surface area contributed by atoms with Gasteiger partial charge in [-0.3, -0.25) is 33.8 Å². The first-order valence-electron chi connectivity index (χ1n) is 14.1. The molecular formula is C25H46N10O11. The second-order valence-electron chi connectivity index (χ2n) is 10.3. The average Bonchev–Trinajstić information content (AvgIpc) is 2.97. The van der Waals surface area contributed by atoms with Crippen LogP contribution in [0.4, 0.5) is 0 Å². The number of carboxylic acids is 1. The van der Waals surface area contributed by atoms with Gasteiger partial charge in [0.2, 0.25) is 35.4 Å². The molecule has 0 aliphatic rings. The highest BCUT2D eigenvalue weighted by atomic mass is 16.4. The molecule has 0 rings (SSSR count). The van der Waals surface area contributed by atoms with E-state index in [9.17, 15) is 54.0 Å². The number of guanidine groups is 1. The third-order valence-corrected chi connectivity index (χ3v) is 6.21. The van der Waals surface area contributed by atoms with Crippen molar-refractivity contribution in [3.8, 4) is 0 Å². The number of nitrogens with zero attached hydrogens (tertiary/aromatic N) is 1. The summed E-state index contributed by atoms with van der Waals surface area (Å²) in [7, 11) is 0. The number of carboxylic acid groups (broad SMARTS) is 1. The molecule has 0 aromatic rings. The first-order chi connectivity index (χ1) is 21.4. The normalized spacial score (nSPS) is 16.0. The summed E-state index contributed by atoms with van der Waals surface area (Å²) >= 11 is 0. The summed E-state index contributed by atoms with van der Waals surface area (Å²) in [5.74, 6) is -7.34. The molecule has 6 amide bonds. The van der Waals surface area contributed by atoms with Gasteiger partial charge in [0, 0.05) is 6.54 Å². The number of rotatable bonds is 20. The highest BCUT2D eigenvalue weighted by Gasteiger charge is 2.34. The Kier molecular flexibility index (Phi) is 18.4. The van der Waals surface area contributed by atoms with E-state index in [1.807, 2.05) is 0 Å². The van der Waals surface area contributed by atoms with Crippen LogP contribution in [0.5, 0.6) is 0 Å². The van der Waals surface area contributed by atoms with Crippen molar-refractivity contribution in [3.05, 3.63) is 0 Å². The van der Waals surface area contributed by atoms with E-state index < -0.39 is 103 Å². The van der Waals surface area contributed by atoms with Crippen molar-refractivity contribution in [2.45, 2.75) is 89.0 Å². The van der Waals surface area contributed by atoms with Gasteiger partial charge in [0.05, 0.1) is 25.4 Å². The number of carbonyl (C=O) groups is 7. The summed E-state index contributed by atoms with van der Waals surface area (Å²) in [4.78, 5) is 90.4. The molecule has 8 atom stereocenters. The second kappa shape index (κ2) is 20.4. The van der Waals surface area contributed by atoms with Gasteiger partial charge >= 0.3 is 5.97 Å². The van der Waals surface area contributed by atoms with Crippen LogP contribution in [0.2, 0.25) is 0 Å². The van der Waals surface area contributed by atoms with E-state index in [0.29, 0.717) is 0 Å². The molecule has 0 saturated heterocycles. The van der Waals surface area contributed by atoms with Crippen molar-refractivity contribution in [2.24, 2.45) is 22.2 Å². The number of amides is 6. The predicted octanol–water partition coefficient (Wildman–Crippen LogP) is -7.21. The Labute approximate surface area is 264 Å². The van der Waals surface area contributed by atoms with Gasteiger partial charge in [-0.1, -0.05) is 0 Å². The average molecular weight is 663 g/mol. The predicted molar refractivity (Wildman–Crippen MR) is 160 cm³/mol. The van der Waals surface area contributed by atoms with Gasteiger partial charge in [-0.15, -0.1) is 0 Å². The van der Waals surface area contributed by atoms with E-state index in [0.717, 1.165) is 13.8 Å². The lowest BCUT2D eigenvalue weighted by Gasteiger charge is -2.27. The number of aliphatic carboxylic acids is 1. The maximum Gasteiger partial charge on any atom is 0.328 e. The molecular weight excluding hydrogens is 616 g/mol. The molecule has 262 valence electrons. The highest BCUT2D eigenvalue weighted by Crippen LogP contribution is 2.04. The third kappa shape index (κ3) is 14.9. The summed E-state index contributed by atoms with van der Waals surface area (Å²) in [6.07, 6.45) is -3.01. The Bertz CT molecular complexity index is 1110. The molecule has 0 bridgehead atoms.